The zero-order chi connectivity index (χ0) is 9.19. The van der Waals surface area contributed by atoms with Crippen molar-refractivity contribution in [2.24, 2.45) is 11.3 Å². The first-order valence-electron chi connectivity index (χ1n) is 4.75. The van der Waals surface area contributed by atoms with E-state index in [1.165, 1.54) is 6.42 Å². The Kier molecular flexibility index (Phi) is 2.71. The van der Waals surface area contributed by atoms with E-state index in [1.54, 1.807) is 0 Å². The molecular formula is C11H18O. The second kappa shape index (κ2) is 3.42. The highest BCUT2D eigenvalue weighted by atomic mass is 16.1. The van der Waals surface area contributed by atoms with E-state index >= 15 is 0 Å². The van der Waals surface area contributed by atoms with Crippen LogP contribution in [0.15, 0.2) is 12.7 Å². The Morgan fingerprint density at radius 3 is 2.92 bits per heavy atom. The number of carbonyl (C=O) groups excluding carboxylic acids is 1. The summed E-state index contributed by atoms with van der Waals surface area (Å²) in [5, 5.41) is 0. The lowest BCUT2D eigenvalue weighted by molar-refractivity contribution is -0.133. The smallest absolute Gasteiger partial charge is 0.139 e. The van der Waals surface area contributed by atoms with E-state index in [2.05, 4.69) is 20.4 Å². The van der Waals surface area contributed by atoms with Gasteiger partial charge in [0, 0.05) is 11.8 Å². The highest BCUT2D eigenvalue weighted by Gasteiger charge is 2.39. The third kappa shape index (κ3) is 1.45. The van der Waals surface area contributed by atoms with Gasteiger partial charge in [0.1, 0.15) is 5.78 Å². The zero-order valence-electron chi connectivity index (χ0n) is 8.10. The van der Waals surface area contributed by atoms with Crippen LogP contribution in [0.1, 0.15) is 39.5 Å². The molecule has 0 radical (unpaired) electrons. The summed E-state index contributed by atoms with van der Waals surface area (Å²) in [7, 11) is 0. The fourth-order valence-electron chi connectivity index (χ4n) is 2.06. The van der Waals surface area contributed by atoms with Crippen molar-refractivity contribution in [2.45, 2.75) is 39.5 Å². The molecule has 68 valence electrons. The standard InChI is InChI=1S/C11H18O/c1-4-8-11(3)9(2)6-5-7-10(11)12/h4,9H,1,5-8H2,2-3H3/t9-,11+/m1/s1. The lowest BCUT2D eigenvalue weighted by Gasteiger charge is -2.37. The van der Waals surface area contributed by atoms with Crippen LogP contribution in [0.25, 0.3) is 0 Å². The minimum Gasteiger partial charge on any atom is -0.299 e. The summed E-state index contributed by atoms with van der Waals surface area (Å²) >= 11 is 0. The molecule has 12 heavy (non-hydrogen) atoms. The van der Waals surface area contributed by atoms with Gasteiger partial charge in [-0.3, -0.25) is 4.79 Å². The third-order valence-electron chi connectivity index (χ3n) is 3.33. The van der Waals surface area contributed by atoms with Crippen molar-refractivity contribution in [1.82, 2.24) is 0 Å². The van der Waals surface area contributed by atoms with Crippen LogP contribution in [0.2, 0.25) is 0 Å². The van der Waals surface area contributed by atoms with Gasteiger partial charge in [0.2, 0.25) is 0 Å². The maximum Gasteiger partial charge on any atom is 0.139 e. The summed E-state index contributed by atoms with van der Waals surface area (Å²) in [6, 6.07) is 0. The van der Waals surface area contributed by atoms with Crippen molar-refractivity contribution in [2.75, 3.05) is 0 Å². The van der Waals surface area contributed by atoms with Crippen LogP contribution in [0.3, 0.4) is 0 Å². The number of Topliss-reactive ketones (excluding diaryl/α,β-unsaturated/α-hetero) is 1. The molecule has 2 atom stereocenters. The van der Waals surface area contributed by atoms with Gasteiger partial charge >= 0.3 is 0 Å². The fourth-order valence-corrected chi connectivity index (χ4v) is 2.06. The summed E-state index contributed by atoms with van der Waals surface area (Å²) in [5.74, 6) is 0.956. The first-order valence-corrected chi connectivity index (χ1v) is 4.75. The SMILES string of the molecule is C=CC[C@]1(C)C(=O)CCC[C@H]1C. The average Bonchev–Trinajstić information content (AvgIpc) is 2.02. The molecule has 1 fully saturated rings. The maximum absolute atomic E-state index is 11.7. The topological polar surface area (TPSA) is 17.1 Å². The van der Waals surface area contributed by atoms with Gasteiger partial charge in [-0.1, -0.05) is 19.9 Å². The molecule has 1 nitrogen and oxygen atoms in total. The Morgan fingerprint density at radius 2 is 2.42 bits per heavy atom. The van der Waals surface area contributed by atoms with Gasteiger partial charge < -0.3 is 0 Å². The molecular weight excluding hydrogens is 148 g/mol. The Labute approximate surface area is 74.9 Å². The summed E-state index contributed by atoms with van der Waals surface area (Å²) in [4.78, 5) is 11.7. The van der Waals surface area contributed by atoms with Crippen LogP contribution >= 0.6 is 0 Å². The Morgan fingerprint density at radius 1 is 1.75 bits per heavy atom. The van der Waals surface area contributed by atoms with Gasteiger partial charge in [-0.2, -0.15) is 0 Å². The van der Waals surface area contributed by atoms with Gasteiger partial charge in [0.05, 0.1) is 0 Å². The lowest BCUT2D eigenvalue weighted by Crippen LogP contribution is -2.37. The van der Waals surface area contributed by atoms with Crippen molar-refractivity contribution in [3.8, 4) is 0 Å². The second-order valence-electron chi connectivity index (χ2n) is 4.13. The van der Waals surface area contributed by atoms with E-state index < -0.39 is 0 Å². The predicted octanol–water partition coefficient (Wildman–Crippen LogP) is 2.96. The van der Waals surface area contributed by atoms with E-state index in [0.29, 0.717) is 11.7 Å². The van der Waals surface area contributed by atoms with E-state index in [9.17, 15) is 4.79 Å². The minimum atomic E-state index is -0.111. The largest absolute Gasteiger partial charge is 0.299 e. The highest BCUT2D eigenvalue weighted by molar-refractivity contribution is 5.85. The van der Waals surface area contributed by atoms with Crippen molar-refractivity contribution < 1.29 is 4.79 Å². The molecule has 1 rings (SSSR count). The summed E-state index contributed by atoms with van der Waals surface area (Å²) in [6.07, 6.45) is 5.75. The second-order valence-corrected chi connectivity index (χ2v) is 4.13. The van der Waals surface area contributed by atoms with Gasteiger partial charge in [0.25, 0.3) is 0 Å². The van der Waals surface area contributed by atoms with Crippen LogP contribution in [0, 0.1) is 11.3 Å². The van der Waals surface area contributed by atoms with Crippen molar-refractivity contribution in [3.05, 3.63) is 12.7 Å². The number of allylic oxidation sites excluding steroid dienone is 1. The minimum absolute atomic E-state index is 0.111. The molecule has 0 aromatic carbocycles. The van der Waals surface area contributed by atoms with Gasteiger partial charge in [-0.05, 0) is 25.2 Å². The van der Waals surface area contributed by atoms with Crippen LogP contribution in [-0.4, -0.2) is 5.78 Å². The Hall–Kier alpha value is -0.590. The molecule has 0 aromatic rings. The molecule has 0 N–H and O–H groups in total. The quantitative estimate of drug-likeness (QED) is 0.576. The molecule has 0 unspecified atom stereocenters. The lowest BCUT2D eigenvalue weighted by atomic mass is 9.66. The van der Waals surface area contributed by atoms with Gasteiger partial charge in [-0.15, -0.1) is 6.58 Å². The van der Waals surface area contributed by atoms with Crippen LogP contribution in [0.5, 0.6) is 0 Å². The number of ketones is 1. The first-order chi connectivity index (χ1) is 5.61. The van der Waals surface area contributed by atoms with Crippen molar-refractivity contribution >= 4 is 5.78 Å². The summed E-state index contributed by atoms with van der Waals surface area (Å²) in [6.45, 7) is 7.98. The molecule has 1 aliphatic rings. The van der Waals surface area contributed by atoms with Crippen LogP contribution in [0.4, 0.5) is 0 Å². The summed E-state index contributed by atoms with van der Waals surface area (Å²) < 4.78 is 0. The Balaban J connectivity index is 2.79. The van der Waals surface area contributed by atoms with Crippen molar-refractivity contribution in [1.29, 1.82) is 0 Å². The molecule has 0 heterocycles. The predicted molar refractivity (Wildman–Crippen MR) is 50.9 cm³/mol. The molecule has 0 spiro atoms. The van der Waals surface area contributed by atoms with E-state index in [-0.39, 0.29) is 5.41 Å². The molecule has 0 bridgehead atoms. The molecule has 0 aromatic heterocycles. The van der Waals surface area contributed by atoms with Crippen LogP contribution in [-0.2, 0) is 4.79 Å². The van der Waals surface area contributed by atoms with Crippen molar-refractivity contribution in [3.63, 3.8) is 0 Å². The number of rotatable bonds is 2. The molecule has 0 amide bonds. The molecule has 0 saturated heterocycles. The van der Waals surface area contributed by atoms with Gasteiger partial charge in [0.15, 0.2) is 0 Å². The van der Waals surface area contributed by atoms with E-state index in [1.807, 2.05) is 6.08 Å². The normalized spacial score (nSPS) is 36.5. The maximum atomic E-state index is 11.7. The van der Waals surface area contributed by atoms with E-state index in [0.717, 1.165) is 19.3 Å². The van der Waals surface area contributed by atoms with E-state index in [4.69, 9.17) is 0 Å². The molecule has 0 aliphatic heterocycles. The number of hydrogen-bond donors (Lipinski definition) is 0. The number of carbonyl (C=O) groups is 1. The van der Waals surface area contributed by atoms with Gasteiger partial charge in [-0.25, -0.2) is 0 Å². The average molecular weight is 166 g/mol. The third-order valence-corrected chi connectivity index (χ3v) is 3.33. The Bertz CT molecular complexity index is 195. The fraction of sp³-hybridized carbons (Fsp3) is 0.727. The molecule has 1 saturated carbocycles. The van der Waals surface area contributed by atoms with Crippen LogP contribution < -0.4 is 0 Å². The monoisotopic (exact) mass is 166 g/mol. The first kappa shape index (κ1) is 9.50. The molecule has 1 heteroatoms. The number of hydrogen-bond acceptors (Lipinski definition) is 1. The highest BCUT2D eigenvalue weighted by Crippen LogP contribution is 2.40. The molecule has 1 aliphatic carbocycles. The summed E-state index contributed by atoms with van der Waals surface area (Å²) in [5.41, 5.74) is -0.111. The zero-order valence-corrected chi connectivity index (χ0v) is 8.10.